The van der Waals surface area contributed by atoms with E-state index in [1.807, 2.05) is 6.92 Å². The predicted molar refractivity (Wildman–Crippen MR) is 65.4 cm³/mol. The Labute approximate surface area is 105 Å². The first-order chi connectivity index (χ1) is 8.52. The number of para-hydroxylation sites is 1. The van der Waals surface area contributed by atoms with Gasteiger partial charge in [-0.15, -0.1) is 0 Å². The van der Waals surface area contributed by atoms with Gasteiger partial charge in [0, 0.05) is 18.8 Å². The summed E-state index contributed by atoms with van der Waals surface area (Å²) < 4.78 is 19.0. The third kappa shape index (κ3) is 2.61. The van der Waals surface area contributed by atoms with Crippen LogP contribution in [0.2, 0.25) is 0 Å². The van der Waals surface area contributed by atoms with Crippen LogP contribution in [0.15, 0.2) is 18.2 Å². The van der Waals surface area contributed by atoms with Crippen LogP contribution in [0.4, 0.5) is 10.1 Å². The van der Waals surface area contributed by atoms with Gasteiger partial charge in [0.25, 0.3) is 0 Å². The summed E-state index contributed by atoms with van der Waals surface area (Å²) >= 11 is 0. The van der Waals surface area contributed by atoms with Crippen molar-refractivity contribution in [2.24, 2.45) is 0 Å². The SMILES string of the molecule is CC1(Nc2c(F)cccc2C(=O)O)CCOCC1. The molecule has 0 bridgehead atoms. The Kier molecular flexibility index (Phi) is 3.52. The molecular formula is C13H16FNO3. The van der Waals surface area contributed by atoms with Gasteiger partial charge in [0.1, 0.15) is 5.82 Å². The zero-order chi connectivity index (χ0) is 13.2. The lowest BCUT2D eigenvalue weighted by atomic mass is 9.91. The lowest BCUT2D eigenvalue weighted by Gasteiger charge is -2.35. The predicted octanol–water partition coefficient (Wildman–Crippen LogP) is 2.50. The molecule has 0 aliphatic carbocycles. The zero-order valence-corrected chi connectivity index (χ0v) is 10.2. The smallest absolute Gasteiger partial charge is 0.337 e. The van der Waals surface area contributed by atoms with Crippen LogP contribution in [0.3, 0.4) is 0 Å². The summed E-state index contributed by atoms with van der Waals surface area (Å²) in [7, 11) is 0. The van der Waals surface area contributed by atoms with Gasteiger partial charge in [-0.25, -0.2) is 9.18 Å². The Bertz CT molecular complexity index is 456. The number of aromatic carboxylic acids is 1. The molecule has 1 heterocycles. The summed E-state index contributed by atoms with van der Waals surface area (Å²) in [6.07, 6.45) is 1.45. The van der Waals surface area contributed by atoms with Gasteiger partial charge >= 0.3 is 5.97 Å². The standard InChI is InChI=1S/C13H16FNO3/c1-13(5-7-18-8-6-13)15-11-9(12(16)17)3-2-4-10(11)14/h2-4,15H,5-8H2,1H3,(H,16,17). The van der Waals surface area contributed by atoms with Crippen LogP contribution in [-0.4, -0.2) is 29.8 Å². The van der Waals surface area contributed by atoms with Gasteiger partial charge in [0.2, 0.25) is 0 Å². The molecule has 0 spiro atoms. The lowest BCUT2D eigenvalue weighted by molar-refractivity contribution is 0.0654. The van der Waals surface area contributed by atoms with E-state index in [1.54, 1.807) is 0 Å². The first-order valence-electron chi connectivity index (χ1n) is 5.90. The van der Waals surface area contributed by atoms with Crippen molar-refractivity contribution in [3.63, 3.8) is 0 Å². The Hall–Kier alpha value is -1.62. The lowest BCUT2D eigenvalue weighted by Crippen LogP contribution is -2.41. The molecule has 2 rings (SSSR count). The molecule has 1 fully saturated rings. The number of carboxylic acid groups (broad SMARTS) is 1. The zero-order valence-electron chi connectivity index (χ0n) is 10.2. The Morgan fingerprint density at radius 1 is 1.44 bits per heavy atom. The van der Waals surface area contributed by atoms with Crippen LogP contribution in [0.1, 0.15) is 30.1 Å². The van der Waals surface area contributed by atoms with Crippen molar-refractivity contribution in [1.29, 1.82) is 0 Å². The molecule has 4 nitrogen and oxygen atoms in total. The average Bonchev–Trinajstić information content (AvgIpc) is 2.32. The van der Waals surface area contributed by atoms with Gasteiger partial charge in [0.05, 0.1) is 11.3 Å². The highest BCUT2D eigenvalue weighted by Crippen LogP contribution is 2.29. The molecule has 1 aromatic rings. The fourth-order valence-electron chi connectivity index (χ4n) is 2.08. The number of hydrogen-bond acceptors (Lipinski definition) is 3. The highest BCUT2D eigenvalue weighted by atomic mass is 19.1. The largest absolute Gasteiger partial charge is 0.478 e. The minimum Gasteiger partial charge on any atom is -0.478 e. The second-order valence-electron chi connectivity index (χ2n) is 4.77. The molecule has 1 aliphatic rings. The van der Waals surface area contributed by atoms with Crippen LogP contribution in [0.25, 0.3) is 0 Å². The molecule has 1 aliphatic heterocycles. The average molecular weight is 253 g/mol. The molecule has 0 atom stereocenters. The number of benzene rings is 1. The van der Waals surface area contributed by atoms with Gasteiger partial charge in [-0.05, 0) is 31.9 Å². The summed E-state index contributed by atoms with van der Waals surface area (Å²) in [5, 5.41) is 12.1. The molecule has 0 unspecified atom stereocenters. The van der Waals surface area contributed by atoms with Crippen LogP contribution >= 0.6 is 0 Å². The van der Waals surface area contributed by atoms with Gasteiger partial charge in [-0.2, -0.15) is 0 Å². The summed E-state index contributed by atoms with van der Waals surface area (Å²) in [4.78, 5) is 11.1. The van der Waals surface area contributed by atoms with E-state index in [9.17, 15) is 9.18 Å². The van der Waals surface area contributed by atoms with Crippen molar-refractivity contribution in [1.82, 2.24) is 0 Å². The van der Waals surface area contributed by atoms with Crippen molar-refractivity contribution in [2.75, 3.05) is 18.5 Å². The Balaban J connectivity index is 2.30. The fraction of sp³-hybridized carbons (Fsp3) is 0.462. The number of hydrogen-bond donors (Lipinski definition) is 2. The van der Waals surface area contributed by atoms with Gasteiger partial charge in [-0.3, -0.25) is 0 Å². The van der Waals surface area contributed by atoms with E-state index in [1.165, 1.54) is 18.2 Å². The Morgan fingerprint density at radius 2 is 2.11 bits per heavy atom. The molecule has 0 aromatic heterocycles. The quantitative estimate of drug-likeness (QED) is 0.869. The number of halogens is 1. The Morgan fingerprint density at radius 3 is 2.72 bits per heavy atom. The number of carboxylic acids is 1. The van der Waals surface area contributed by atoms with E-state index >= 15 is 0 Å². The molecule has 98 valence electrons. The van der Waals surface area contributed by atoms with E-state index in [4.69, 9.17) is 9.84 Å². The number of ether oxygens (including phenoxy) is 1. The number of anilines is 1. The molecule has 18 heavy (non-hydrogen) atoms. The van der Waals surface area contributed by atoms with Crippen molar-refractivity contribution >= 4 is 11.7 Å². The third-order valence-corrected chi connectivity index (χ3v) is 3.27. The summed E-state index contributed by atoms with van der Waals surface area (Å²) in [6, 6.07) is 4.06. The summed E-state index contributed by atoms with van der Waals surface area (Å²) in [6.45, 7) is 3.15. The molecule has 0 radical (unpaired) electrons. The molecule has 0 amide bonds. The highest BCUT2D eigenvalue weighted by molar-refractivity contribution is 5.94. The van der Waals surface area contributed by atoms with Gasteiger partial charge < -0.3 is 15.2 Å². The fourth-order valence-corrected chi connectivity index (χ4v) is 2.08. The molecule has 5 heteroatoms. The summed E-state index contributed by atoms with van der Waals surface area (Å²) in [5.74, 6) is -1.67. The van der Waals surface area contributed by atoms with Crippen LogP contribution in [0.5, 0.6) is 0 Å². The minimum atomic E-state index is -1.13. The van der Waals surface area contributed by atoms with Gasteiger partial charge in [0.15, 0.2) is 0 Å². The first kappa shape index (κ1) is 12.8. The second kappa shape index (κ2) is 4.94. The second-order valence-corrected chi connectivity index (χ2v) is 4.77. The van der Waals surface area contributed by atoms with Crippen molar-refractivity contribution < 1.29 is 19.0 Å². The number of nitrogens with one attached hydrogen (secondary N) is 1. The maximum atomic E-state index is 13.8. The van der Waals surface area contributed by atoms with Gasteiger partial charge in [-0.1, -0.05) is 6.07 Å². The van der Waals surface area contributed by atoms with E-state index in [0.717, 1.165) is 12.8 Å². The van der Waals surface area contributed by atoms with Crippen molar-refractivity contribution in [2.45, 2.75) is 25.3 Å². The minimum absolute atomic E-state index is 0.0392. The van der Waals surface area contributed by atoms with E-state index < -0.39 is 11.8 Å². The van der Waals surface area contributed by atoms with Crippen molar-refractivity contribution in [3.05, 3.63) is 29.6 Å². The molecular weight excluding hydrogens is 237 g/mol. The highest BCUT2D eigenvalue weighted by Gasteiger charge is 2.29. The normalized spacial score (nSPS) is 18.3. The molecule has 0 saturated carbocycles. The monoisotopic (exact) mass is 253 g/mol. The maximum absolute atomic E-state index is 13.8. The van der Waals surface area contributed by atoms with E-state index in [2.05, 4.69) is 5.32 Å². The number of carbonyl (C=O) groups is 1. The topological polar surface area (TPSA) is 58.6 Å². The first-order valence-corrected chi connectivity index (χ1v) is 5.90. The molecule has 1 aromatic carbocycles. The molecule has 2 N–H and O–H groups in total. The van der Waals surface area contributed by atoms with Crippen molar-refractivity contribution in [3.8, 4) is 0 Å². The summed E-state index contributed by atoms with van der Waals surface area (Å²) in [5.41, 5.74) is -0.304. The maximum Gasteiger partial charge on any atom is 0.337 e. The third-order valence-electron chi connectivity index (χ3n) is 3.27. The number of rotatable bonds is 3. The van der Waals surface area contributed by atoms with Crippen LogP contribution in [-0.2, 0) is 4.74 Å². The van der Waals surface area contributed by atoms with Crippen LogP contribution in [0, 0.1) is 5.82 Å². The molecule has 1 saturated heterocycles. The van der Waals surface area contributed by atoms with E-state index in [0.29, 0.717) is 13.2 Å². The van der Waals surface area contributed by atoms with Crippen LogP contribution < -0.4 is 5.32 Å². The van der Waals surface area contributed by atoms with E-state index in [-0.39, 0.29) is 16.8 Å².